The Labute approximate surface area is 120 Å². The standard InChI is InChI=1S/C18H19NO/c1-12-8-9-15(13(2)10-12)17-11-14-6-4-5-7-16(14)18(20)19(17)3/h4-10,17H,11H2,1-3H3. The first-order valence-corrected chi connectivity index (χ1v) is 7.00. The largest absolute Gasteiger partial charge is 0.334 e. The van der Waals surface area contributed by atoms with Crippen molar-refractivity contribution in [3.8, 4) is 0 Å². The minimum absolute atomic E-state index is 0.122. The number of aryl methyl sites for hydroxylation is 2. The Hall–Kier alpha value is -2.09. The van der Waals surface area contributed by atoms with Gasteiger partial charge in [-0.15, -0.1) is 0 Å². The molecule has 0 spiro atoms. The number of fused-ring (bicyclic) bond motifs is 1. The van der Waals surface area contributed by atoms with E-state index in [1.807, 2.05) is 30.1 Å². The second-order valence-corrected chi connectivity index (χ2v) is 5.65. The lowest BCUT2D eigenvalue weighted by Gasteiger charge is -2.35. The van der Waals surface area contributed by atoms with Gasteiger partial charge in [0.2, 0.25) is 0 Å². The van der Waals surface area contributed by atoms with E-state index in [4.69, 9.17) is 0 Å². The zero-order chi connectivity index (χ0) is 14.3. The molecule has 0 radical (unpaired) electrons. The SMILES string of the molecule is Cc1ccc(C2Cc3ccccc3C(=O)N2C)c(C)c1. The third-order valence-corrected chi connectivity index (χ3v) is 4.23. The van der Waals surface area contributed by atoms with Gasteiger partial charge in [-0.2, -0.15) is 0 Å². The van der Waals surface area contributed by atoms with Gasteiger partial charge in [-0.25, -0.2) is 0 Å². The van der Waals surface area contributed by atoms with Gasteiger partial charge in [-0.05, 0) is 43.0 Å². The Kier molecular flexibility index (Phi) is 3.09. The van der Waals surface area contributed by atoms with E-state index < -0.39 is 0 Å². The summed E-state index contributed by atoms with van der Waals surface area (Å²) >= 11 is 0. The summed E-state index contributed by atoms with van der Waals surface area (Å²) in [6.07, 6.45) is 0.891. The number of rotatable bonds is 1. The van der Waals surface area contributed by atoms with Crippen molar-refractivity contribution in [3.63, 3.8) is 0 Å². The van der Waals surface area contributed by atoms with Crippen molar-refractivity contribution in [2.75, 3.05) is 7.05 Å². The summed E-state index contributed by atoms with van der Waals surface area (Å²) in [6, 6.07) is 14.5. The number of hydrogen-bond acceptors (Lipinski definition) is 1. The summed E-state index contributed by atoms with van der Waals surface area (Å²) < 4.78 is 0. The van der Waals surface area contributed by atoms with Crippen molar-refractivity contribution < 1.29 is 4.79 Å². The highest BCUT2D eigenvalue weighted by atomic mass is 16.2. The Morgan fingerprint density at radius 3 is 2.60 bits per heavy atom. The van der Waals surface area contributed by atoms with Crippen molar-refractivity contribution in [2.45, 2.75) is 26.3 Å². The Balaban J connectivity index is 2.06. The van der Waals surface area contributed by atoms with E-state index in [-0.39, 0.29) is 11.9 Å². The van der Waals surface area contributed by atoms with Crippen molar-refractivity contribution in [1.82, 2.24) is 4.90 Å². The molecule has 0 saturated heterocycles. The highest BCUT2D eigenvalue weighted by Crippen LogP contribution is 2.33. The topological polar surface area (TPSA) is 20.3 Å². The molecule has 1 amide bonds. The summed E-state index contributed by atoms with van der Waals surface area (Å²) in [5, 5.41) is 0. The van der Waals surface area contributed by atoms with E-state index in [9.17, 15) is 4.79 Å². The summed E-state index contributed by atoms with van der Waals surface area (Å²) in [4.78, 5) is 14.4. The third-order valence-electron chi connectivity index (χ3n) is 4.23. The van der Waals surface area contributed by atoms with Crippen molar-refractivity contribution >= 4 is 5.91 Å². The molecule has 1 atom stereocenters. The molecule has 1 unspecified atom stereocenters. The molecule has 0 aliphatic carbocycles. The van der Waals surface area contributed by atoms with Crippen LogP contribution in [0.1, 0.15) is 38.7 Å². The molecule has 2 aromatic rings. The number of carbonyl (C=O) groups is 1. The van der Waals surface area contributed by atoms with Crippen molar-refractivity contribution in [3.05, 3.63) is 70.3 Å². The van der Waals surface area contributed by atoms with E-state index in [0.29, 0.717) is 0 Å². The van der Waals surface area contributed by atoms with Crippen LogP contribution in [0, 0.1) is 13.8 Å². The van der Waals surface area contributed by atoms with Crippen LogP contribution in [-0.2, 0) is 6.42 Å². The first-order valence-electron chi connectivity index (χ1n) is 7.00. The second-order valence-electron chi connectivity index (χ2n) is 5.65. The lowest BCUT2D eigenvalue weighted by Crippen LogP contribution is -2.37. The lowest BCUT2D eigenvalue weighted by atomic mass is 9.87. The average molecular weight is 265 g/mol. The number of benzene rings is 2. The molecule has 2 heteroatoms. The van der Waals surface area contributed by atoms with E-state index in [0.717, 1.165) is 17.5 Å². The average Bonchev–Trinajstić information content (AvgIpc) is 2.43. The molecular formula is C18H19NO. The zero-order valence-electron chi connectivity index (χ0n) is 12.2. The van der Waals surface area contributed by atoms with Crippen LogP contribution in [0.15, 0.2) is 42.5 Å². The summed E-state index contributed by atoms with van der Waals surface area (Å²) in [5.74, 6) is 0.122. The van der Waals surface area contributed by atoms with E-state index in [1.165, 1.54) is 16.7 Å². The van der Waals surface area contributed by atoms with E-state index >= 15 is 0 Å². The molecule has 0 saturated carbocycles. The molecule has 1 aliphatic rings. The van der Waals surface area contributed by atoms with Gasteiger partial charge in [0.15, 0.2) is 0 Å². The van der Waals surface area contributed by atoms with Gasteiger partial charge in [0, 0.05) is 12.6 Å². The third kappa shape index (κ3) is 2.01. The first kappa shape index (κ1) is 12.9. The number of hydrogen-bond donors (Lipinski definition) is 0. The fraction of sp³-hybridized carbons (Fsp3) is 0.278. The van der Waals surface area contributed by atoms with Gasteiger partial charge in [0.25, 0.3) is 5.91 Å². The normalized spacial score (nSPS) is 18.1. The Bertz CT molecular complexity index is 675. The van der Waals surface area contributed by atoms with Gasteiger partial charge in [0.05, 0.1) is 6.04 Å². The van der Waals surface area contributed by atoms with Gasteiger partial charge >= 0.3 is 0 Å². The first-order chi connectivity index (χ1) is 9.58. The fourth-order valence-electron chi connectivity index (χ4n) is 3.10. The number of nitrogens with zero attached hydrogens (tertiary/aromatic N) is 1. The van der Waals surface area contributed by atoms with Crippen LogP contribution in [0.4, 0.5) is 0 Å². The number of carbonyl (C=O) groups excluding carboxylic acids is 1. The minimum atomic E-state index is 0.122. The highest BCUT2D eigenvalue weighted by Gasteiger charge is 2.30. The molecule has 20 heavy (non-hydrogen) atoms. The maximum atomic E-state index is 12.5. The molecule has 102 valence electrons. The predicted molar refractivity (Wildman–Crippen MR) is 80.9 cm³/mol. The zero-order valence-corrected chi connectivity index (χ0v) is 12.2. The Morgan fingerprint density at radius 2 is 1.85 bits per heavy atom. The summed E-state index contributed by atoms with van der Waals surface area (Å²) in [5.41, 5.74) is 5.77. The molecule has 2 aromatic carbocycles. The van der Waals surface area contributed by atoms with E-state index in [2.05, 4.69) is 38.1 Å². The lowest BCUT2D eigenvalue weighted by molar-refractivity contribution is 0.0705. The van der Waals surface area contributed by atoms with Gasteiger partial charge in [-0.3, -0.25) is 4.79 Å². The second kappa shape index (κ2) is 4.78. The van der Waals surface area contributed by atoms with Crippen molar-refractivity contribution in [1.29, 1.82) is 0 Å². The van der Waals surface area contributed by atoms with Crippen LogP contribution in [0.3, 0.4) is 0 Å². The van der Waals surface area contributed by atoms with Crippen LogP contribution in [-0.4, -0.2) is 17.9 Å². The maximum absolute atomic E-state index is 12.5. The minimum Gasteiger partial charge on any atom is -0.334 e. The van der Waals surface area contributed by atoms with Crippen LogP contribution in [0.5, 0.6) is 0 Å². The molecule has 2 nitrogen and oxygen atoms in total. The van der Waals surface area contributed by atoms with Crippen LogP contribution >= 0.6 is 0 Å². The van der Waals surface area contributed by atoms with Gasteiger partial charge < -0.3 is 4.90 Å². The van der Waals surface area contributed by atoms with Crippen LogP contribution in [0.2, 0.25) is 0 Å². The summed E-state index contributed by atoms with van der Waals surface area (Å²) in [6.45, 7) is 4.23. The number of amides is 1. The van der Waals surface area contributed by atoms with E-state index in [1.54, 1.807) is 0 Å². The molecule has 1 heterocycles. The summed E-state index contributed by atoms with van der Waals surface area (Å²) in [7, 11) is 1.90. The quantitative estimate of drug-likeness (QED) is 0.770. The van der Waals surface area contributed by atoms with Crippen LogP contribution < -0.4 is 0 Å². The van der Waals surface area contributed by atoms with Gasteiger partial charge in [-0.1, -0.05) is 42.0 Å². The monoisotopic (exact) mass is 265 g/mol. The number of likely N-dealkylation sites (N-methyl/N-ethyl adjacent to an activating group) is 1. The molecule has 1 aliphatic heterocycles. The maximum Gasteiger partial charge on any atom is 0.254 e. The molecule has 0 bridgehead atoms. The fourth-order valence-corrected chi connectivity index (χ4v) is 3.10. The smallest absolute Gasteiger partial charge is 0.254 e. The molecule has 0 aromatic heterocycles. The molecule has 3 rings (SSSR count). The predicted octanol–water partition coefficient (Wildman–Crippen LogP) is 3.67. The van der Waals surface area contributed by atoms with Crippen molar-refractivity contribution in [2.24, 2.45) is 0 Å². The molecule has 0 fully saturated rings. The molecular weight excluding hydrogens is 246 g/mol. The van der Waals surface area contributed by atoms with Gasteiger partial charge in [0.1, 0.15) is 0 Å². The van der Waals surface area contributed by atoms with Crippen LogP contribution in [0.25, 0.3) is 0 Å². The molecule has 0 N–H and O–H groups in total. The Morgan fingerprint density at radius 1 is 1.10 bits per heavy atom. The highest BCUT2D eigenvalue weighted by molar-refractivity contribution is 5.97.